The molecule has 0 amide bonds. The van der Waals surface area contributed by atoms with E-state index in [2.05, 4.69) is 4.98 Å². The van der Waals surface area contributed by atoms with Crippen molar-refractivity contribution < 1.29 is 14.3 Å². The van der Waals surface area contributed by atoms with Gasteiger partial charge < -0.3 is 14.4 Å². The number of carboxylic acid groups (broad SMARTS) is 1. The summed E-state index contributed by atoms with van der Waals surface area (Å²) < 4.78 is 5.13. The van der Waals surface area contributed by atoms with Gasteiger partial charge in [0.2, 0.25) is 0 Å². The van der Waals surface area contributed by atoms with Crippen molar-refractivity contribution in [2.75, 3.05) is 18.5 Å². The van der Waals surface area contributed by atoms with E-state index >= 15 is 0 Å². The quantitative estimate of drug-likeness (QED) is 0.821. The molecule has 5 heteroatoms. The van der Waals surface area contributed by atoms with Crippen LogP contribution in [0.5, 0.6) is 0 Å². The molecule has 78 valence electrons. The number of benzene rings is 1. The van der Waals surface area contributed by atoms with Crippen molar-refractivity contribution in [3.05, 3.63) is 24.6 Å². The number of carbonyl (C=O) groups is 1. The number of fused-ring (bicyclic) bond motifs is 1. The number of hydrogen-bond donors (Lipinski definition) is 1. The molecule has 0 aliphatic rings. The van der Waals surface area contributed by atoms with Crippen molar-refractivity contribution in [2.24, 2.45) is 0 Å². The van der Waals surface area contributed by atoms with Crippen LogP contribution in [-0.4, -0.2) is 29.7 Å². The van der Waals surface area contributed by atoms with E-state index in [1.165, 1.54) is 6.39 Å². The number of likely N-dealkylation sites (N-methyl/N-ethyl adjacent to an activating group) is 1. The van der Waals surface area contributed by atoms with Crippen LogP contribution in [0, 0.1) is 0 Å². The Labute approximate surface area is 85.9 Å². The third kappa shape index (κ3) is 1.76. The Morgan fingerprint density at radius 3 is 3.13 bits per heavy atom. The summed E-state index contributed by atoms with van der Waals surface area (Å²) in [7, 11) is 1.71. The van der Waals surface area contributed by atoms with Crippen LogP contribution in [0.4, 0.5) is 5.69 Å². The number of hydrogen-bond acceptors (Lipinski definition) is 4. The summed E-state index contributed by atoms with van der Waals surface area (Å²) >= 11 is 0. The molecule has 0 unspecified atom stereocenters. The van der Waals surface area contributed by atoms with Crippen LogP contribution in [0.15, 0.2) is 29.0 Å². The fourth-order valence-corrected chi connectivity index (χ4v) is 1.47. The molecule has 0 spiro atoms. The number of rotatable bonds is 3. The maximum Gasteiger partial charge on any atom is 0.323 e. The van der Waals surface area contributed by atoms with Gasteiger partial charge in [-0.3, -0.25) is 4.79 Å². The van der Waals surface area contributed by atoms with Gasteiger partial charge in [0.1, 0.15) is 12.1 Å². The molecule has 1 heterocycles. The van der Waals surface area contributed by atoms with E-state index in [-0.39, 0.29) is 6.54 Å². The highest BCUT2D eigenvalue weighted by molar-refractivity contribution is 5.88. The fraction of sp³-hybridized carbons (Fsp3) is 0.200. The molecule has 0 saturated heterocycles. The smallest absolute Gasteiger partial charge is 0.323 e. The van der Waals surface area contributed by atoms with E-state index in [9.17, 15) is 4.79 Å². The minimum atomic E-state index is -0.877. The Kier molecular flexibility index (Phi) is 2.29. The van der Waals surface area contributed by atoms with Crippen molar-refractivity contribution in [1.82, 2.24) is 4.98 Å². The van der Waals surface area contributed by atoms with E-state index in [1.807, 2.05) is 6.07 Å². The zero-order chi connectivity index (χ0) is 10.8. The molecular formula is C10H10N2O3. The maximum absolute atomic E-state index is 10.6. The lowest BCUT2D eigenvalue weighted by Crippen LogP contribution is -2.25. The van der Waals surface area contributed by atoms with Crippen LogP contribution in [0.2, 0.25) is 0 Å². The Hall–Kier alpha value is -2.04. The lowest BCUT2D eigenvalue weighted by atomic mass is 10.2. The van der Waals surface area contributed by atoms with Crippen LogP contribution in [0.3, 0.4) is 0 Å². The number of carboxylic acids is 1. The molecule has 0 radical (unpaired) electrons. The first-order chi connectivity index (χ1) is 7.18. The summed E-state index contributed by atoms with van der Waals surface area (Å²) in [4.78, 5) is 16.2. The molecule has 0 bridgehead atoms. The SMILES string of the molecule is CN(CC(=O)O)c1cccc2ocnc12. The van der Waals surface area contributed by atoms with Gasteiger partial charge in [-0.25, -0.2) is 4.98 Å². The summed E-state index contributed by atoms with van der Waals surface area (Å²) in [5.74, 6) is -0.877. The first-order valence-electron chi connectivity index (χ1n) is 4.43. The molecule has 5 nitrogen and oxygen atoms in total. The highest BCUT2D eigenvalue weighted by Gasteiger charge is 2.11. The highest BCUT2D eigenvalue weighted by Crippen LogP contribution is 2.24. The molecule has 2 rings (SSSR count). The second-order valence-electron chi connectivity index (χ2n) is 3.23. The lowest BCUT2D eigenvalue weighted by Gasteiger charge is -2.16. The molecule has 1 aromatic heterocycles. The molecule has 0 aliphatic carbocycles. The van der Waals surface area contributed by atoms with Gasteiger partial charge in [-0.05, 0) is 12.1 Å². The first-order valence-corrected chi connectivity index (χ1v) is 4.43. The Bertz CT molecular complexity index is 492. The molecule has 1 N–H and O–H groups in total. The van der Waals surface area contributed by atoms with Gasteiger partial charge in [0.15, 0.2) is 12.0 Å². The molecule has 0 atom stereocenters. The predicted molar refractivity (Wildman–Crippen MR) is 54.9 cm³/mol. The average molecular weight is 206 g/mol. The lowest BCUT2D eigenvalue weighted by molar-refractivity contribution is -0.135. The standard InChI is InChI=1S/C10H10N2O3/c1-12(5-9(13)14)7-3-2-4-8-10(7)11-6-15-8/h2-4,6H,5H2,1H3,(H,13,14). The Morgan fingerprint density at radius 2 is 2.40 bits per heavy atom. The minimum Gasteiger partial charge on any atom is -0.480 e. The number of para-hydroxylation sites is 1. The van der Waals surface area contributed by atoms with Gasteiger partial charge in [0.05, 0.1) is 5.69 Å². The number of aromatic nitrogens is 1. The van der Waals surface area contributed by atoms with Crippen molar-refractivity contribution >= 4 is 22.8 Å². The molecule has 0 aliphatic heterocycles. The van der Waals surface area contributed by atoms with E-state index < -0.39 is 5.97 Å². The third-order valence-corrected chi connectivity index (χ3v) is 2.12. The molecular weight excluding hydrogens is 196 g/mol. The third-order valence-electron chi connectivity index (χ3n) is 2.12. The van der Waals surface area contributed by atoms with Crippen molar-refractivity contribution in [1.29, 1.82) is 0 Å². The monoisotopic (exact) mass is 206 g/mol. The molecule has 0 fully saturated rings. The normalized spacial score (nSPS) is 10.5. The highest BCUT2D eigenvalue weighted by atomic mass is 16.4. The Balaban J connectivity index is 2.42. The van der Waals surface area contributed by atoms with Gasteiger partial charge in [-0.2, -0.15) is 0 Å². The van der Waals surface area contributed by atoms with Crippen LogP contribution in [0.1, 0.15) is 0 Å². The first kappa shape index (κ1) is 9.51. The van der Waals surface area contributed by atoms with Gasteiger partial charge in [-0.15, -0.1) is 0 Å². The van der Waals surface area contributed by atoms with Gasteiger partial charge in [0.25, 0.3) is 0 Å². The largest absolute Gasteiger partial charge is 0.480 e. The van der Waals surface area contributed by atoms with Gasteiger partial charge in [-0.1, -0.05) is 6.07 Å². The van der Waals surface area contributed by atoms with Gasteiger partial charge >= 0.3 is 5.97 Å². The van der Waals surface area contributed by atoms with Crippen molar-refractivity contribution in [3.63, 3.8) is 0 Å². The van der Waals surface area contributed by atoms with Gasteiger partial charge in [0, 0.05) is 7.05 Å². The summed E-state index contributed by atoms with van der Waals surface area (Å²) in [6.45, 7) is -0.0635. The summed E-state index contributed by atoms with van der Waals surface area (Å²) in [6.07, 6.45) is 1.35. The summed E-state index contributed by atoms with van der Waals surface area (Å²) in [5.41, 5.74) is 2.09. The van der Waals surface area contributed by atoms with Crippen LogP contribution >= 0.6 is 0 Å². The summed E-state index contributed by atoms with van der Waals surface area (Å²) in [5, 5.41) is 8.68. The van der Waals surface area contributed by atoms with E-state index in [0.717, 1.165) is 5.69 Å². The molecule has 15 heavy (non-hydrogen) atoms. The molecule has 1 aromatic carbocycles. The number of aliphatic carboxylic acids is 1. The number of anilines is 1. The van der Waals surface area contributed by atoms with Crippen molar-refractivity contribution in [2.45, 2.75) is 0 Å². The van der Waals surface area contributed by atoms with Crippen LogP contribution in [0.25, 0.3) is 11.1 Å². The second kappa shape index (κ2) is 3.61. The Morgan fingerprint density at radius 1 is 1.60 bits per heavy atom. The summed E-state index contributed by atoms with van der Waals surface area (Å²) in [6, 6.07) is 5.41. The second-order valence-corrected chi connectivity index (χ2v) is 3.23. The maximum atomic E-state index is 10.6. The minimum absolute atomic E-state index is 0.0635. The number of oxazole rings is 1. The topological polar surface area (TPSA) is 66.6 Å². The molecule has 0 saturated carbocycles. The predicted octanol–water partition coefficient (Wildman–Crippen LogP) is 1.35. The molecule has 2 aromatic rings. The van der Waals surface area contributed by atoms with E-state index in [1.54, 1.807) is 24.1 Å². The zero-order valence-electron chi connectivity index (χ0n) is 8.17. The van der Waals surface area contributed by atoms with Crippen LogP contribution < -0.4 is 4.90 Å². The average Bonchev–Trinajstić information content (AvgIpc) is 2.63. The van der Waals surface area contributed by atoms with Crippen molar-refractivity contribution in [3.8, 4) is 0 Å². The van der Waals surface area contributed by atoms with E-state index in [4.69, 9.17) is 9.52 Å². The number of nitrogens with zero attached hydrogens (tertiary/aromatic N) is 2. The zero-order valence-corrected chi connectivity index (χ0v) is 8.17. The van der Waals surface area contributed by atoms with Crippen LogP contribution in [-0.2, 0) is 4.79 Å². The van der Waals surface area contributed by atoms with E-state index in [0.29, 0.717) is 11.1 Å². The fourth-order valence-electron chi connectivity index (χ4n) is 1.47.